The summed E-state index contributed by atoms with van der Waals surface area (Å²) in [7, 11) is 0. The summed E-state index contributed by atoms with van der Waals surface area (Å²) in [6.45, 7) is 8.40. The highest BCUT2D eigenvalue weighted by molar-refractivity contribution is 4.82. The molecule has 1 atom stereocenters. The monoisotopic (exact) mass is 276 g/mol. The van der Waals surface area contributed by atoms with E-state index in [2.05, 4.69) is 0 Å². The van der Waals surface area contributed by atoms with Gasteiger partial charge >= 0.3 is 0 Å². The molecule has 0 aromatic rings. The van der Waals surface area contributed by atoms with Gasteiger partial charge in [0.25, 0.3) is 0 Å². The first-order chi connectivity index (χ1) is 9.16. The third kappa shape index (κ3) is 5.36. The Hall–Kier alpha value is -0.200. The molecular formula is C14H28O5. The van der Waals surface area contributed by atoms with Crippen LogP contribution in [-0.4, -0.2) is 56.1 Å². The van der Waals surface area contributed by atoms with Gasteiger partial charge in [0.1, 0.15) is 5.60 Å². The molecule has 5 nitrogen and oxygen atoms in total. The second-order valence-corrected chi connectivity index (χ2v) is 4.82. The zero-order valence-corrected chi connectivity index (χ0v) is 12.4. The van der Waals surface area contributed by atoms with Crippen molar-refractivity contribution in [2.24, 2.45) is 0 Å². The van der Waals surface area contributed by atoms with Crippen LogP contribution >= 0.6 is 0 Å². The van der Waals surface area contributed by atoms with Gasteiger partial charge in [0, 0.05) is 26.4 Å². The van der Waals surface area contributed by atoms with Crippen LogP contribution in [0.4, 0.5) is 0 Å². The number of aliphatic hydroxyl groups is 1. The van der Waals surface area contributed by atoms with Crippen molar-refractivity contribution in [3.8, 4) is 0 Å². The second kappa shape index (κ2) is 8.87. The average Bonchev–Trinajstić information content (AvgIpc) is 2.46. The molecule has 114 valence electrons. The molecule has 0 spiro atoms. The van der Waals surface area contributed by atoms with E-state index in [1.807, 2.05) is 20.8 Å². The minimum Gasteiger partial charge on any atom is -0.382 e. The molecule has 1 rings (SSSR count). The van der Waals surface area contributed by atoms with Crippen LogP contribution in [0.1, 0.15) is 40.0 Å². The molecule has 1 aliphatic heterocycles. The summed E-state index contributed by atoms with van der Waals surface area (Å²) in [6.07, 6.45) is 1.82. The fraction of sp³-hybridized carbons (Fsp3) is 1.00. The average molecular weight is 276 g/mol. The van der Waals surface area contributed by atoms with Gasteiger partial charge in [-0.1, -0.05) is 6.92 Å². The summed E-state index contributed by atoms with van der Waals surface area (Å²) in [6, 6.07) is 0. The predicted molar refractivity (Wildman–Crippen MR) is 72.1 cm³/mol. The summed E-state index contributed by atoms with van der Waals surface area (Å²) in [5.41, 5.74) is -1.09. The molecule has 5 heteroatoms. The number of ether oxygens (including phenoxy) is 4. The Morgan fingerprint density at radius 2 is 1.74 bits per heavy atom. The van der Waals surface area contributed by atoms with Crippen molar-refractivity contribution < 1.29 is 24.1 Å². The smallest absolute Gasteiger partial charge is 0.188 e. The van der Waals surface area contributed by atoms with Gasteiger partial charge in [-0.2, -0.15) is 0 Å². The number of rotatable bonds is 9. The van der Waals surface area contributed by atoms with Crippen LogP contribution in [-0.2, 0) is 18.9 Å². The van der Waals surface area contributed by atoms with E-state index < -0.39 is 11.9 Å². The molecule has 1 saturated heterocycles. The van der Waals surface area contributed by atoms with Gasteiger partial charge in [-0.05, 0) is 33.1 Å². The van der Waals surface area contributed by atoms with Crippen LogP contribution < -0.4 is 0 Å². The van der Waals surface area contributed by atoms with E-state index in [-0.39, 0.29) is 12.7 Å². The van der Waals surface area contributed by atoms with Gasteiger partial charge in [0.15, 0.2) is 6.29 Å². The lowest BCUT2D eigenvalue weighted by Gasteiger charge is -2.36. The highest BCUT2D eigenvalue weighted by Gasteiger charge is 2.38. The molecule has 0 radical (unpaired) electrons. The van der Waals surface area contributed by atoms with Gasteiger partial charge in [-0.3, -0.25) is 0 Å². The zero-order chi connectivity index (χ0) is 14.1. The molecular weight excluding hydrogens is 248 g/mol. The minimum atomic E-state index is -1.09. The molecule has 0 aliphatic carbocycles. The molecule has 1 fully saturated rings. The number of hydrogen-bond acceptors (Lipinski definition) is 5. The summed E-state index contributed by atoms with van der Waals surface area (Å²) >= 11 is 0. The Morgan fingerprint density at radius 3 is 2.21 bits per heavy atom. The van der Waals surface area contributed by atoms with Crippen molar-refractivity contribution in [3.63, 3.8) is 0 Å². The topological polar surface area (TPSA) is 57.2 Å². The lowest BCUT2D eigenvalue weighted by molar-refractivity contribution is -0.255. The first-order valence-electron chi connectivity index (χ1n) is 7.31. The number of hydrogen-bond donors (Lipinski definition) is 1. The van der Waals surface area contributed by atoms with E-state index in [4.69, 9.17) is 18.9 Å². The maximum Gasteiger partial charge on any atom is 0.188 e. The normalized spacial score (nSPS) is 20.7. The molecule has 0 bridgehead atoms. The molecule has 19 heavy (non-hydrogen) atoms. The van der Waals surface area contributed by atoms with E-state index in [0.717, 1.165) is 26.1 Å². The molecule has 1 unspecified atom stereocenters. The largest absolute Gasteiger partial charge is 0.382 e. The van der Waals surface area contributed by atoms with Crippen molar-refractivity contribution in [1.29, 1.82) is 0 Å². The minimum absolute atomic E-state index is 0.163. The van der Waals surface area contributed by atoms with Crippen molar-refractivity contribution in [2.75, 3.05) is 33.0 Å². The lowest BCUT2D eigenvalue weighted by Crippen LogP contribution is -2.50. The summed E-state index contributed by atoms with van der Waals surface area (Å²) < 4.78 is 22.1. The van der Waals surface area contributed by atoms with Crippen molar-refractivity contribution in [1.82, 2.24) is 0 Å². The standard InChI is InChI=1S/C14H28O5/c1-4-14(15,13(17-5-2)18-6-3)11-19-12-7-9-16-10-8-12/h12-13,15H,4-11H2,1-3H3. The van der Waals surface area contributed by atoms with Gasteiger partial charge in [0.2, 0.25) is 0 Å². The predicted octanol–water partition coefficient (Wildman–Crippen LogP) is 1.72. The maximum absolute atomic E-state index is 10.7. The van der Waals surface area contributed by atoms with Crippen LogP contribution in [0.3, 0.4) is 0 Å². The molecule has 0 amide bonds. The van der Waals surface area contributed by atoms with Crippen LogP contribution in [0.5, 0.6) is 0 Å². The van der Waals surface area contributed by atoms with Gasteiger partial charge in [-0.25, -0.2) is 0 Å². The first-order valence-corrected chi connectivity index (χ1v) is 7.31. The third-order valence-corrected chi connectivity index (χ3v) is 3.42. The van der Waals surface area contributed by atoms with Crippen molar-refractivity contribution in [2.45, 2.75) is 58.0 Å². The van der Waals surface area contributed by atoms with Gasteiger partial charge < -0.3 is 24.1 Å². The Bertz CT molecular complexity index is 224. The SMILES string of the molecule is CCOC(OCC)C(O)(CC)COC1CCOCC1. The first kappa shape index (κ1) is 16.9. The Labute approximate surface area is 116 Å². The van der Waals surface area contributed by atoms with E-state index in [9.17, 15) is 5.11 Å². The molecule has 1 aliphatic rings. The summed E-state index contributed by atoms with van der Waals surface area (Å²) in [4.78, 5) is 0. The van der Waals surface area contributed by atoms with Crippen LogP contribution in [0.15, 0.2) is 0 Å². The molecule has 1 N–H and O–H groups in total. The zero-order valence-electron chi connectivity index (χ0n) is 12.4. The molecule has 0 saturated carbocycles. The maximum atomic E-state index is 10.7. The van der Waals surface area contributed by atoms with Crippen molar-refractivity contribution in [3.05, 3.63) is 0 Å². The Balaban J connectivity index is 2.50. The van der Waals surface area contributed by atoms with E-state index >= 15 is 0 Å². The fourth-order valence-corrected chi connectivity index (χ4v) is 2.10. The summed E-state index contributed by atoms with van der Waals surface area (Å²) in [5.74, 6) is 0. The van der Waals surface area contributed by atoms with E-state index in [0.29, 0.717) is 19.6 Å². The molecule has 0 aromatic carbocycles. The Kier molecular flexibility index (Phi) is 7.87. The highest BCUT2D eigenvalue weighted by atomic mass is 16.7. The van der Waals surface area contributed by atoms with Crippen LogP contribution in [0, 0.1) is 0 Å². The van der Waals surface area contributed by atoms with Crippen LogP contribution in [0.2, 0.25) is 0 Å². The lowest BCUT2D eigenvalue weighted by atomic mass is 10.0. The van der Waals surface area contributed by atoms with Gasteiger partial charge in [-0.15, -0.1) is 0 Å². The van der Waals surface area contributed by atoms with Crippen LogP contribution in [0.25, 0.3) is 0 Å². The van der Waals surface area contributed by atoms with E-state index in [1.165, 1.54) is 0 Å². The third-order valence-electron chi connectivity index (χ3n) is 3.42. The van der Waals surface area contributed by atoms with Gasteiger partial charge in [0.05, 0.1) is 12.7 Å². The second-order valence-electron chi connectivity index (χ2n) is 4.82. The van der Waals surface area contributed by atoms with Crippen molar-refractivity contribution >= 4 is 0 Å². The Morgan fingerprint density at radius 1 is 1.16 bits per heavy atom. The molecule has 1 heterocycles. The quantitative estimate of drug-likeness (QED) is 0.650. The molecule has 0 aromatic heterocycles. The van der Waals surface area contributed by atoms with E-state index in [1.54, 1.807) is 0 Å². The fourth-order valence-electron chi connectivity index (χ4n) is 2.10. The summed E-state index contributed by atoms with van der Waals surface area (Å²) in [5, 5.41) is 10.7. The highest BCUT2D eigenvalue weighted by Crippen LogP contribution is 2.22.